The summed E-state index contributed by atoms with van der Waals surface area (Å²) in [6.07, 6.45) is 1.37. The molecule has 0 radical (unpaired) electrons. The van der Waals surface area contributed by atoms with Crippen LogP contribution in [-0.2, 0) is 0 Å². The van der Waals surface area contributed by atoms with Crippen LogP contribution in [0, 0.1) is 0 Å². The topological polar surface area (TPSA) is 77.2 Å². The molecule has 8 nitrogen and oxygen atoms in total. The third-order valence-electron chi connectivity index (χ3n) is 5.48. The van der Waals surface area contributed by atoms with E-state index in [4.69, 9.17) is 21.1 Å². The van der Waals surface area contributed by atoms with E-state index in [-0.39, 0.29) is 11.6 Å². The number of amidine groups is 1. The number of aliphatic imine (C=N–C) groups is 1. The number of anilines is 2. The number of aromatic nitrogens is 1. The Morgan fingerprint density at radius 3 is 2.65 bits per heavy atom. The second-order valence-corrected chi connectivity index (χ2v) is 7.97. The molecule has 2 aliphatic heterocycles. The predicted molar refractivity (Wildman–Crippen MR) is 119 cm³/mol. The Morgan fingerprint density at radius 2 is 1.87 bits per heavy atom. The fraction of sp³-hybridized carbons (Fsp3) is 0.227. The van der Waals surface area contributed by atoms with Gasteiger partial charge in [-0.1, -0.05) is 28.9 Å². The summed E-state index contributed by atoms with van der Waals surface area (Å²) in [7, 11) is 2.12. The van der Waals surface area contributed by atoms with Crippen LogP contribution in [0.25, 0.3) is 0 Å². The van der Waals surface area contributed by atoms with Gasteiger partial charge in [0.2, 0.25) is 0 Å². The maximum absolute atomic E-state index is 12.8. The smallest absolute Gasteiger partial charge is 0.292 e. The minimum absolute atomic E-state index is 0.192. The highest BCUT2D eigenvalue weighted by Crippen LogP contribution is 2.40. The van der Waals surface area contributed by atoms with Crippen molar-refractivity contribution in [3.8, 4) is 0 Å². The van der Waals surface area contributed by atoms with Crippen molar-refractivity contribution >= 4 is 40.4 Å². The quantitative estimate of drug-likeness (QED) is 0.663. The number of nitrogens with zero attached hydrogens (tertiary/aromatic N) is 5. The number of hydrazine groups is 1. The van der Waals surface area contributed by atoms with Crippen LogP contribution in [0.1, 0.15) is 16.1 Å². The number of fused-ring (bicyclic) bond motifs is 2. The molecule has 158 valence electrons. The first-order valence-electron chi connectivity index (χ1n) is 10.0. The van der Waals surface area contributed by atoms with Crippen molar-refractivity contribution in [1.29, 1.82) is 0 Å². The largest absolute Gasteiger partial charge is 0.364 e. The van der Waals surface area contributed by atoms with Crippen molar-refractivity contribution in [1.82, 2.24) is 20.4 Å². The number of likely N-dealkylation sites (N-methyl/N-ethyl adjacent to an activating group) is 1. The fourth-order valence-electron chi connectivity index (χ4n) is 3.81. The number of carbonyl (C=O) groups excluding carboxylic acids is 1. The van der Waals surface area contributed by atoms with Crippen LogP contribution in [0.5, 0.6) is 0 Å². The van der Waals surface area contributed by atoms with Crippen molar-refractivity contribution in [2.24, 2.45) is 4.99 Å². The van der Waals surface area contributed by atoms with Crippen LogP contribution in [-0.4, -0.2) is 59.9 Å². The zero-order chi connectivity index (χ0) is 21.4. The highest BCUT2D eigenvalue weighted by molar-refractivity contribution is 6.31. The van der Waals surface area contributed by atoms with Gasteiger partial charge in [-0.2, -0.15) is 0 Å². The maximum atomic E-state index is 12.8. The second-order valence-electron chi connectivity index (χ2n) is 7.54. The van der Waals surface area contributed by atoms with E-state index in [2.05, 4.69) is 27.4 Å². The molecule has 2 aliphatic rings. The van der Waals surface area contributed by atoms with E-state index in [0.29, 0.717) is 10.7 Å². The summed E-state index contributed by atoms with van der Waals surface area (Å²) in [4.78, 5) is 22.4. The second kappa shape index (κ2) is 8.05. The molecular formula is C22H21ClN6O2. The highest BCUT2D eigenvalue weighted by Gasteiger charge is 2.29. The average Bonchev–Trinajstić information content (AvgIpc) is 3.28. The van der Waals surface area contributed by atoms with Crippen molar-refractivity contribution in [2.45, 2.75) is 0 Å². The molecule has 0 bridgehead atoms. The Morgan fingerprint density at radius 1 is 1.06 bits per heavy atom. The number of carbonyl (C=O) groups is 1. The number of hydrogen-bond donors (Lipinski definition) is 1. The number of halogens is 1. The molecule has 2 aromatic carbocycles. The van der Waals surface area contributed by atoms with Crippen LogP contribution in [0.15, 0.2) is 64.3 Å². The van der Waals surface area contributed by atoms with Gasteiger partial charge < -0.3 is 14.3 Å². The van der Waals surface area contributed by atoms with Gasteiger partial charge in [0.05, 0.1) is 17.1 Å². The zero-order valence-corrected chi connectivity index (χ0v) is 17.7. The molecule has 31 heavy (non-hydrogen) atoms. The lowest BCUT2D eigenvalue weighted by molar-refractivity contribution is 0.0944. The lowest BCUT2D eigenvalue weighted by atomic mass is 10.1. The van der Waals surface area contributed by atoms with E-state index in [1.807, 2.05) is 36.4 Å². The van der Waals surface area contributed by atoms with Crippen LogP contribution >= 0.6 is 11.6 Å². The maximum Gasteiger partial charge on any atom is 0.292 e. The minimum Gasteiger partial charge on any atom is -0.364 e. The van der Waals surface area contributed by atoms with Crippen molar-refractivity contribution in [2.75, 3.05) is 38.2 Å². The predicted octanol–water partition coefficient (Wildman–Crippen LogP) is 3.45. The normalized spacial score (nSPS) is 16.3. The number of hydrogen-bond acceptors (Lipinski definition) is 7. The summed E-state index contributed by atoms with van der Waals surface area (Å²) in [5.74, 6) is 0.484. The Labute approximate surface area is 184 Å². The fourth-order valence-corrected chi connectivity index (χ4v) is 3.97. The molecule has 3 heterocycles. The van der Waals surface area contributed by atoms with Gasteiger partial charge in [-0.05, 0) is 37.4 Å². The highest BCUT2D eigenvalue weighted by atomic mass is 35.5. The summed E-state index contributed by atoms with van der Waals surface area (Å²) >= 11 is 6.31. The Balaban J connectivity index is 1.63. The molecule has 0 atom stereocenters. The molecule has 1 saturated heterocycles. The van der Waals surface area contributed by atoms with E-state index >= 15 is 0 Å². The number of rotatable bonds is 2. The van der Waals surface area contributed by atoms with Gasteiger partial charge in [-0.15, -0.1) is 0 Å². The minimum atomic E-state index is -0.382. The van der Waals surface area contributed by atoms with E-state index in [1.165, 1.54) is 12.3 Å². The van der Waals surface area contributed by atoms with Gasteiger partial charge >= 0.3 is 0 Å². The van der Waals surface area contributed by atoms with Crippen LogP contribution < -0.4 is 10.4 Å². The molecule has 1 fully saturated rings. The van der Waals surface area contributed by atoms with Crippen LogP contribution in [0.3, 0.4) is 0 Å². The van der Waals surface area contributed by atoms with Crippen molar-refractivity contribution in [3.63, 3.8) is 0 Å². The standard InChI is InChI=1S/C22H21ClN6O2/c1-27-9-11-28(12-10-27)21-16-4-2-3-5-19(16)29(25-22(30)17-8-13-31-26-17)20-7-6-15(23)14-18(20)24-21/h2-8,13-14H,9-12H2,1H3,(H,25,30). The first-order chi connectivity index (χ1) is 15.1. The molecule has 9 heteroatoms. The SMILES string of the molecule is CN1CCN(C2=Nc3cc(Cl)ccc3N(NC(=O)c3ccon3)c3ccccc32)CC1. The Kier molecular flexibility index (Phi) is 5.09. The van der Waals surface area contributed by atoms with Crippen LogP contribution in [0.2, 0.25) is 5.02 Å². The Bertz CT molecular complexity index is 1140. The number of piperazine rings is 1. The van der Waals surface area contributed by atoms with Gasteiger partial charge in [0.25, 0.3) is 5.91 Å². The number of amides is 1. The lowest BCUT2D eigenvalue weighted by Gasteiger charge is -2.35. The van der Waals surface area contributed by atoms with E-state index in [9.17, 15) is 4.79 Å². The molecule has 1 amide bonds. The molecule has 0 spiro atoms. The number of benzene rings is 2. The summed E-state index contributed by atoms with van der Waals surface area (Å²) in [6, 6.07) is 14.9. The number of nitrogens with one attached hydrogen (secondary N) is 1. The molecule has 1 N–H and O–H groups in total. The first-order valence-corrected chi connectivity index (χ1v) is 10.4. The zero-order valence-electron chi connectivity index (χ0n) is 17.0. The van der Waals surface area contributed by atoms with Crippen LogP contribution in [0.4, 0.5) is 17.1 Å². The van der Waals surface area contributed by atoms with Gasteiger partial charge in [0.15, 0.2) is 5.69 Å². The first kappa shape index (κ1) is 19.6. The Hall–Kier alpha value is -3.36. The van der Waals surface area contributed by atoms with Gasteiger partial charge in [0, 0.05) is 42.8 Å². The lowest BCUT2D eigenvalue weighted by Crippen LogP contribution is -2.47. The molecular weight excluding hydrogens is 416 g/mol. The number of para-hydroxylation sites is 1. The molecule has 0 aliphatic carbocycles. The van der Waals surface area contributed by atoms with Gasteiger partial charge in [0.1, 0.15) is 12.1 Å². The third-order valence-corrected chi connectivity index (χ3v) is 5.71. The molecule has 5 rings (SSSR count). The molecule has 1 aromatic heterocycles. The summed E-state index contributed by atoms with van der Waals surface area (Å²) in [6.45, 7) is 3.64. The van der Waals surface area contributed by atoms with E-state index < -0.39 is 0 Å². The van der Waals surface area contributed by atoms with Crippen molar-refractivity contribution in [3.05, 3.63) is 71.1 Å². The molecule has 0 unspecified atom stereocenters. The monoisotopic (exact) mass is 436 g/mol. The van der Waals surface area contributed by atoms with Gasteiger partial charge in [-0.3, -0.25) is 15.2 Å². The summed E-state index contributed by atoms with van der Waals surface area (Å²) in [5, 5.41) is 6.07. The summed E-state index contributed by atoms with van der Waals surface area (Å²) in [5.41, 5.74) is 6.29. The van der Waals surface area contributed by atoms with Crippen molar-refractivity contribution < 1.29 is 9.32 Å². The van der Waals surface area contributed by atoms with Gasteiger partial charge in [-0.25, -0.2) is 4.99 Å². The average molecular weight is 437 g/mol. The third kappa shape index (κ3) is 3.75. The van der Waals surface area contributed by atoms with E-state index in [0.717, 1.165) is 49.0 Å². The summed E-state index contributed by atoms with van der Waals surface area (Å²) < 4.78 is 4.83. The molecule has 0 saturated carbocycles. The molecule has 3 aromatic rings. The van der Waals surface area contributed by atoms with E-state index in [1.54, 1.807) is 11.1 Å².